The molecular formula is C14H14ClF2N3O2. The van der Waals surface area contributed by atoms with Crippen LogP contribution < -0.4 is 10.1 Å². The number of halogens is 3. The molecule has 0 aliphatic heterocycles. The Morgan fingerprint density at radius 1 is 1.41 bits per heavy atom. The molecule has 1 amide bonds. The first-order valence-corrected chi connectivity index (χ1v) is 6.94. The molecule has 0 aliphatic rings. The van der Waals surface area contributed by atoms with Crippen molar-refractivity contribution in [2.45, 2.75) is 19.6 Å². The van der Waals surface area contributed by atoms with Gasteiger partial charge in [0.1, 0.15) is 5.75 Å². The zero-order valence-electron chi connectivity index (χ0n) is 11.5. The van der Waals surface area contributed by atoms with E-state index < -0.39 is 12.5 Å². The second kappa shape index (κ2) is 7.74. The number of nitrogens with one attached hydrogen (secondary N) is 1. The summed E-state index contributed by atoms with van der Waals surface area (Å²) in [4.78, 5) is 12.0. The Kier molecular flexibility index (Phi) is 5.71. The van der Waals surface area contributed by atoms with E-state index >= 15 is 0 Å². The Bertz CT molecular complexity index is 634. The van der Waals surface area contributed by atoms with Gasteiger partial charge in [-0.2, -0.15) is 13.9 Å². The predicted octanol–water partition coefficient (Wildman–Crippen LogP) is 2.96. The van der Waals surface area contributed by atoms with Crippen molar-refractivity contribution in [1.82, 2.24) is 15.1 Å². The van der Waals surface area contributed by atoms with Gasteiger partial charge < -0.3 is 10.1 Å². The van der Waals surface area contributed by atoms with Crippen LogP contribution in [0.5, 0.6) is 5.75 Å². The average Bonchev–Trinajstić information content (AvgIpc) is 2.89. The van der Waals surface area contributed by atoms with Crippen LogP contribution in [-0.4, -0.2) is 28.8 Å². The molecule has 0 unspecified atom stereocenters. The van der Waals surface area contributed by atoms with Crippen LogP contribution in [0.2, 0.25) is 5.02 Å². The minimum Gasteiger partial charge on any atom is -0.434 e. The standard InChI is InChI=1S/C14H14ClF2N3O2/c15-10-8-19-20(9-10)7-3-6-18-13(21)11-4-1-2-5-12(11)22-14(16)17/h1-2,4-5,8-9,14H,3,6-7H2,(H,18,21). The second-order valence-corrected chi connectivity index (χ2v) is 4.84. The van der Waals surface area contributed by atoms with E-state index in [1.54, 1.807) is 16.9 Å². The lowest BCUT2D eigenvalue weighted by Gasteiger charge is -2.10. The number of nitrogens with zero attached hydrogens (tertiary/aromatic N) is 2. The molecule has 0 fully saturated rings. The number of carbonyl (C=O) groups excluding carboxylic acids is 1. The Morgan fingerprint density at radius 3 is 2.86 bits per heavy atom. The molecule has 0 bridgehead atoms. The third kappa shape index (κ3) is 4.70. The molecule has 22 heavy (non-hydrogen) atoms. The van der Waals surface area contributed by atoms with Crippen LogP contribution in [-0.2, 0) is 6.54 Å². The van der Waals surface area contributed by atoms with E-state index in [2.05, 4.69) is 15.2 Å². The van der Waals surface area contributed by atoms with Gasteiger partial charge in [-0.3, -0.25) is 9.48 Å². The van der Waals surface area contributed by atoms with Gasteiger partial charge in [0, 0.05) is 19.3 Å². The number of para-hydroxylation sites is 1. The summed E-state index contributed by atoms with van der Waals surface area (Å²) in [7, 11) is 0. The quantitative estimate of drug-likeness (QED) is 0.795. The summed E-state index contributed by atoms with van der Waals surface area (Å²) in [5.74, 6) is -0.608. The number of aryl methyl sites for hydroxylation is 1. The Hall–Kier alpha value is -2.15. The van der Waals surface area contributed by atoms with Gasteiger partial charge in [0.25, 0.3) is 5.91 Å². The van der Waals surface area contributed by atoms with E-state index in [1.165, 1.54) is 24.4 Å². The molecule has 0 saturated heterocycles. The molecular weight excluding hydrogens is 316 g/mol. The van der Waals surface area contributed by atoms with Gasteiger partial charge in [-0.05, 0) is 18.6 Å². The molecule has 0 radical (unpaired) electrons. The first-order valence-electron chi connectivity index (χ1n) is 6.56. The number of benzene rings is 1. The smallest absolute Gasteiger partial charge is 0.387 e. The molecule has 0 aliphatic carbocycles. The van der Waals surface area contributed by atoms with E-state index in [-0.39, 0.29) is 11.3 Å². The lowest BCUT2D eigenvalue weighted by molar-refractivity contribution is -0.0501. The maximum absolute atomic E-state index is 12.3. The zero-order valence-corrected chi connectivity index (χ0v) is 12.3. The minimum absolute atomic E-state index is 0.0740. The normalized spacial score (nSPS) is 10.7. The number of ether oxygens (including phenoxy) is 1. The molecule has 1 aromatic heterocycles. The summed E-state index contributed by atoms with van der Waals surface area (Å²) in [6.07, 6.45) is 3.83. The van der Waals surface area contributed by atoms with Gasteiger partial charge in [0.2, 0.25) is 0 Å². The first-order chi connectivity index (χ1) is 10.6. The molecule has 0 atom stereocenters. The van der Waals surface area contributed by atoms with E-state index in [0.717, 1.165) is 0 Å². The van der Waals surface area contributed by atoms with Gasteiger partial charge in [-0.1, -0.05) is 23.7 Å². The summed E-state index contributed by atoms with van der Waals surface area (Å²) in [5.41, 5.74) is 0.0740. The maximum Gasteiger partial charge on any atom is 0.387 e. The monoisotopic (exact) mass is 329 g/mol. The van der Waals surface area contributed by atoms with Crippen molar-refractivity contribution in [1.29, 1.82) is 0 Å². The third-order valence-corrected chi connectivity index (χ3v) is 2.99. The van der Waals surface area contributed by atoms with E-state index in [0.29, 0.717) is 24.5 Å². The van der Waals surface area contributed by atoms with Crippen LogP contribution in [0, 0.1) is 0 Å². The van der Waals surface area contributed by atoms with Gasteiger partial charge >= 0.3 is 6.61 Å². The van der Waals surface area contributed by atoms with Gasteiger partial charge in [0.15, 0.2) is 0 Å². The minimum atomic E-state index is -2.97. The predicted molar refractivity (Wildman–Crippen MR) is 77.3 cm³/mol. The molecule has 0 saturated carbocycles. The summed E-state index contributed by atoms with van der Waals surface area (Å²) < 4.78 is 30.5. The number of rotatable bonds is 7. The van der Waals surface area contributed by atoms with Gasteiger partial charge in [-0.25, -0.2) is 0 Å². The third-order valence-electron chi connectivity index (χ3n) is 2.80. The summed E-state index contributed by atoms with van der Waals surface area (Å²) >= 11 is 5.73. The molecule has 1 aromatic carbocycles. The number of hydrogen-bond donors (Lipinski definition) is 1. The summed E-state index contributed by atoms with van der Waals surface area (Å²) in [5, 5.41) is 7.20. The highest BCUT2D eigenvalue weighted by Gasteiger charge is 2.14. The van der Waals surface area contributed by atoms with Crippen molar-refractivity contribution in [2.75, 3.05) is 6.54 Å². The van der Waals surface area contributed by atoms with Crippen LogP contribution in [0.15, 0.2) is 36.7 Å². The fourth-order valence-electron chi connectivity index (χ4n) is 1.85. The van der Waals surface area contributed by atoms with Gasteiger partial charge in [0.05, 0.1) is 16.8 Å². The Labute approximate surface area is 130 Å². The van der Waals surface area contributed by atoms with Crippen LogP contribution in [0.1, 0.15) is 16.8 Å². The number of carbonyl (C=O) groups is 1. The molecule has 5 nitrogen and oxygen atoms in total. The second-order valence-electron chi connectivity index (χ2n) is 4.41. The maximum atomic E-state index is 12.3. The highest BCUT2D eigenvalue weighted by Crippen LogP contribution is 2.19. The van der Waals surface area contributed by atoms with Crippen molar-refractivity contribution in [2.24, 2.45) is 0 Å². The molecule has 2 aromatic rings. The Balaban J connectivity index is 1.84. The first kappa shape index (κ1) is 16.2. The van der Waals surface area contributed by atoms with Crippen LogP contribution in [0.25, 0.3) is 0 Å². The SMILES string of the molecule is O=C(NCCCn1cc(Cl)cn1)c1ccccc1OC(F)F. The number of hydrogen-bond acceptors (Lipinski definition) is 3. The summed E-state index contributed by atoms with van der Waals surface area (Å²) in [6.45, 7) is -2.01. The Morgan fingerprint density at radius 2 is 2.18 bits per heavy atom. The van der Waals surface area contributed by atoms with Crippen molar-refractivity contribution in [3.8, 4) is 5.75 Å². The van der Waals surface area contributed by atoms with Crippen molar-refractivity contribution in [3.63, 3.8) is 0 Å². The topological polar surface area (TPSA) is 56.2 Å². The van der Waals surface area contributed by atoms with E-state index in [1.807, 2.05) is 0 Å². The van der Waals surface area contributed by atoms with Crippen molar-refractivity contribution < 1.29 is 18.3 Å². The molecule has 118 valence electrons. The lowest BCUT2D eigenvalue weighted by atomic mass is 10.2. The van der Waals surface area contributed by atoms with Gasteiger partial charge in [-0.15, -0.1) is 0 Å². The lowest BCUT2D eigenvalue weighted by Crippen LogP contribution is -2.26. The van der Waals surface area contributed by atoms with Crippen molar-refractivity contribution in [3.05, 3.63) is 47.2 Å². The highest BCUT2D eigenvalue weighted by atomic mass is 35.5. The molecule has 2 rings (SSSR count). The molecule has 8 heteroatoms. The van der Waals surface area contributed by atoms with Crippen LogP contribution in [0.3, 0.4) is 0 Å². The highest BCUT2D eigenvalue weighted by molar-refractivity contribution is 6.30. The van der Waals surface area contributed by atoms with Crippen molar-refractivity contribution >= 4 is 17.5 Å². The fourth-order valence-corrected chi connectivity index (χ4v) is 2.01. The molecule has 1 heterocycles. The molecule has 0 spiro atoms. The van der Waals surface area contributed by atoms with E-state index in [4.69, 9.17) is 11.6 Å². The number of amides is 1. The van der Waals surface area contributed by atoms with Crippen LogP contribution in [0.4, 0.5) is 8.78 Å². The number of alkyl halides is 2. The van der Waals surface area contributed by atoms with Crippen LogP contribution >= 0.6 is 11.6 Å². The molecule has 1 N–H and O–H groups in total. The average molecular weight is 330 g/mol. The van der Waals surface area contributed by atoms with E-state index in [9.17, 15) is 13.6 Å². The fraction of sp³-hybridized carbons (Fsp3) is 0.286. The zero-order chi connectivity index (χ0) is 15.9. The number of aromatic nitrogens is 2. The summed E-state index contributed by atoms with van der Waals surface area (Å²) in [6, 6.07) is 5.86. The largest absolute Gasteiger partial charge is 0.434 e.